The van der Waals surface area contributed by atoms with Crippen LogP contribution in [0.4, 0.5) is 0 Å². The topological polar surface area (TPSA) is 139 Å². The summed E-state index contributed by atoms with van der Waals surface area (Å²) in [5, 5.41) is 11.9. The Kier molecular flexibility index (Phi) is 8.55. The molecule has 11 nitrogen and oxygen atoms in total. The minimum atomic E-state index is -3.81. The van der Waals surface area contributed by atoms with E-state index in [0.717, 1.165) is 22.5 Å². The van der Waals surface area contributed by atoms with Crippen LogP contribution in [0.2, 0.25) is 0 Å². The van der Waals surface area contributed by atoms with E-state index in [2.05, 4.69) is 30.3 Å². The van der Waals surface area contributed by atoms with Gasteiger partial charge in [0, 0.05) is 23.7 Å². The van der Waals surface area contributed by atoms with Crippen LogP contribution in [0.25, 0.3) is 11.5 Å². The molecule has 4 aromatic heterocycles. The van der Waals surface area contributed by atoms with Crippen molar-refractivity contribution in [3.63, 3.8) is 0 Å². The molecule has 0 fully saturated rings. The lowest BCUT2D eigenvalue weighted by Crippen LogP contribution is -2.32. The Morgan fingerprint density at radius 3 is 2.41 bits per heavy atom. The number of hydrogen-bond donors (Lipinski definition) is 0. The fourth-order valence-corrected chi connectivity index (χ4v) is 5.66. The van der Waals surface area contributed by atoms with Gasteiger partial charge in [-0.05, 0) is 65.7 Å². The average Bonchev–Trinajstić information content (AvgIpc) is 3.45. The van der Waals surface area contributed by atoms with E-state index >= 15 is 0 Å². The van der Waals surface area contributed by atoms with Crippen molar-refractivity contribution in [1.82, 2.24) is 34.9 Å². The van der Waals surface area contributed by atoms with E-state index in [9.17, 15) is 8.42 Å². The maximum atomic E-state index is 13.8. The van der Waals surface area contributed by atoms with E-state index < -0.39 is 21.2 Å². The standard InChI is InChI=1S/C27H35N7O4S/c1-8-22-21(19(6)38-33-22)14-34-24(31-32-27(34)23-11-9-10-18(5)30-23)15-39(35,36)20(7)25(37-16(2)3)26-28-12-17(4)13-29-26/h9-13,16,20,25H,8,14-15H2,1-7H3/t20-,25+/m0/s1. The average molecular weight is 554 g/mol. The number of hydrogen-bond acceptors (Lipinski definition) is 10. The van der Waals surface area contributed by atoms with Crippen molar-refractivity contribution < 1.29 is 17.7 Å². The van der Waals surface area contributed by atoms with E-state index in [1.807, 2.05) is 59.7 Å². The van der Waals surface area contributed by atoms with Crippen LogP contribution in [0, 0.1) is 20.8 Å². The maximum absolute atomic E-state index is 13.8. The lowest BCUT2D eigenvalue weighted by molar-refractivity contribution is 0.00140. The van der Waals surface area contributed by atoms with Crippen LogP contribution in [0.1, 0.15) is 73.7 Å². The number of aryl methyl sites for hydroxylation is 4. The SMILES string of the molecule is CCc1noc(C)c1Cn1c(CS(=O)(=O)[C@@H](C)[C@@H](OC(C)C)c2ncc(C)cn2)nnc1-c1cccc(C)n1. The molecule has 0 N–H and O–H groups in total. The largest absolute Gasteiger partial charge is 0.366 e. The zero-order valence-corrected chi connectivity index (χ0v) is 24.2. The van der Waals surface area contributed by atoms with Crippen LogP contribution in [-0.2, 0) is 33.3 Å². The van der Waals surface area contributed by atoms with Gasteiger partial charge in [0.25, 0.3) is 0 Å². The number of aromatic nitrogens is 7. The second-order valence-corrected chi connectivity index (χ2v) is 12.3. The van der Waals surface area contributed by atoms with Gasteiger partial charge in [-0.15, -0.1) is 10.2 Å². The van der Waals surface area contributed by atoms with Gasteiger partial charge in [0.15, 0.2) is 21.5 Å². The lowest BCUT2D eigenvalue weighted by atomic mass is 10.1. The van der Waals surface area contributed by atoms with Gasteiger partial charge in [0.05, 0.1) is 23.6 Å². The lowest BCUT2D eigenvalue weighted by Gasteiger charge is -2.25. The molecule has 39 heavy (non-hydrogen) atoms. The summed E-state index contributed by atoms with van der Waals surface area (Å²) in [6.45, 7) is 13.2. The molecule has 208 valence electrons. The van der Waals surface area contributed by atoms with Crippen LogP contribution in [0.5, 0.6) is 0 Å². The second kappa shape index (κ2) is 11.7. The van der Waals surface area contributed by atoms with Crippen LogP contribution in [0.15, 0.2) is 35.1 Å². The fraction of sp³-hybridized carbons (Fsp3) is 0.481. The number of pyridine rings is 1. The minimum absolute atomic E-state index is 0.232. The van der Waals surface area contributed by atoms with E-state index in [0.29, 0.717) is 36.1 Å². The molecule has 4 heterocycles. The molecule has 2 atom stereocenters. The Labute approximate surface area is 229 Å². The van der Waals surface area contributed by atoms with Gasteiger partial charge >= 0.3 is 0 Å². The van der Waals surface area contributed by atoms with Gasteiger partial charge in [-0.25, -0.2) is 23.4 Å². The molecular weight excluding hydrogens is 518 g/mol. The highest BCUT2D eigenvalue weighted by Gasteiger charge is 2.36. The second-order valence-electron chi connectivity index (χ2n) is 9.94. The molecular formula is C27H35N7O4S. The summed E-state index contributed by atoms with van der Waals surface area (Å²) in [7, 11) is -3.81. The fourth-order valence-electron chi connectivity index (χ4n) is 4.26. The molecule has 0 radical (unpaired) electrons. The number of sulfone groups is 1. The molecule has 0 aliphatic heterocycles. The molecule has 12 heteroatoms. The molecule has 0 aromatic carbocycles. The minimum Gasteiger partial charge on any atom is -0.366 e. The molecule has 0 saturated carbocycles. The normalized spacial score (nSPS) is 13.6. The highest BCUT2D eigenvalue weighted by Crippen LogP contribution is 2.29. The summed E-state index contributed by atoms with van der Waals surface area (Å²) in [6.07, 6.45) is 2.90. The van der Waals surface area contributed by atoms with Crippen LogP contribution >= 0.6 is 0 Å². The first-order valence-electron chi connectivity index (χ1n) is 13.0. The predicted octanol–water partition coefficient (Wildman–Crippen LogP) is 4.12. The summed E-state index contributed by atoms with van der Waals surface area (Å²) in [5.41, 5.74) is 3.95. The maximum Gasteiger partial charge on any atom is 0.182 e. The van der Waals surface area contributed by atoms with E-state index in [-0.39, 0.29) is 17.7 Å². The number of ether oxygens (including phenoxy) is 1. The summed E-state index contributed by atoms with van der Waals surface area (Å²) in [5.74, 6) is 1.38. The first kappa shape index (κ1) is 28.5. The predicted molar refractivity (Wildman–Crippen MR) is 146 cm³/mol. The molecule has 4 rings (SSSR count). The molecule has 0 spiro atoms. The van der Waals surface area contributed by atoms with Gasteiger partial charge in [0.2, 0.25) is 0 Å². The number of nitrogens with zero attached hydrogens (tertiary/aromatic N) is 7. The first-order chi connectivity index (χ1) is 18.5. The van der Waals surface area contributed by atoms with Crippen molar-refractivity contribution in [2.24, 2.45) is 0 Å². The van der Waals surface area contributed by atoms with Crippen molar-refractivity contribution in [3.8, 4) is 11.5 Å². The van der Waals surface area contributed by atoms with Crippen molar-refractivity contribution >= 4 is 9.84 Å². The van der Waals surface area contributed by atoms with Crippen molar-refractivity contribution in [2.75, 3.05) is 0 Å². The molecule has 0 saturated heterocycles. The highest BCUT2D eigenvalue weighted by molar-refractivity contribution is 7.91. The van der Waals surface area contributed by atoms with Crippen LogP contribution < -0.4 is 0 Å². The Morgan fingerprint density at radius 1 is 1.05 bits per heavy atom. The van der Waals surface area contributed by atoms with Gasteiger partial charge in [0.1, 0.15) is 29.1 Å². The zero-order valence-electron chi connectivity index (χ0n) is 23.4. The highest BCUT2D eigenvalue weighted by atomic mass is 32.2. The Balaban J connectivity index is 1.75. The van der Waals surface area contributed by atoms with E-state index in [1.165, 1.54) is 0 Å². The van der Waals surface area contributed by atoms with Gasteiger partial charge in [-0.3, -0.25) is 0 Å². The van der Waals surface area contributed by atoms with Gasteiger partial charge < -0.3 is 13.8 Å². The summed E-state index contributed by atoms with van der Waals surface area (Å²) < 4.78 is 40.9. The van der Waals surface area contributed by atoms with Crippen molar-refractivity contribution in [2.45, 2.75) is 84.6 Å². The molecule has 0 bridgehead atoms. The summed E-state index contributed by atoms with van der Waals surface area (Å²) in [6, 6.07) is 5.60. The van der Waals surface area contributed by atoms with E-state index in [1.54, 1.807) is 23.9 Å². The molecule has 0 aliphatic rings. The molecule has 0 aliphatic carbocycles. The Hall–Kier alpha value is -3.51. The van der Waals surface area contributed by atoms with Crippen LogP contribution in [-0.4, -0.2) is 54.6 Å². The third kappa shape index (κ3) is 6.39. The number of rotatable bonds is 11. The zero-order chi connectivity index (χ0) is 28.3. The van der Waals surface area contributed by atoms with Crippen molar-refractivity contribution in [3.05, 3.63) is 70.5 Å². The van der Waals surface area contributed by atoms with E-state index in [4.69, 9.17) is 9.26 Å². The van der Waals surface area contributed by atoms with Gasteiger partial charge in [-0.1, -0.05) is 18.1 Å². The quantitative estimate of drug-likeness (QED) is 0.266. The summed E-state index contributed by atoms with van der Waals surface area (Å²) >= 11 is 0. The third-order valence-corrected chi connectivity index (χ3v) is 8.50. The first-order valence-corrected chi connectivity index (χ1v) is 14.7. The third-order valence-electron chi connectivity index (χ3n) is 6.46. The Bertz CT molecular complexity index is 1530. The Morgan fingerprint density at radius 2 is 1.77 bits per heavy atom. The van der Waals surface area contributed by atoms with Crippen LogP contribution in [0.3, 0.4) is 0 Å². The van der Waals surface area contributed by atoms with Crippen molar-refractivity contribution in [1.29, 1.82) is 0 Å². The molecule has 4 aromatic rings. The smallest absolute Gasteiger partial charge is 0.182 e. The monoisotopic (exact) mass is 553 g/mol. The molecule has 0 amide bonds. The summed E-state index contributed by atoms with van der Waals surface area (Å²) in [4.78, 5) is 13.3. The van der Waals surface area contributed by atoms with Gasteiger partial charge in [-0.2, -0.15) is 0 Å². The molecule has 0 unspecified atom stereocenters.